The number of rotatable bonds is 6. The van der Waals surface area contributed by atoms with Gasteiger partial charge in [-0.1, -0.05) is 0 Å². The molecule has 4 aromatic rings. The predicted molar refractivity (Wildman–Crippen MR) is 138 cm³/mol. The van der Waals surface area contributed by atoms with E-state index in [1.54, 1.807) is 49.1 Å². The molecule has 11 heteroatoms. The van der Waals surface area contributed by atoms with Crippen LogP contribution in [-0.4, -0.2) is 58.8 Å². The summed E-state index contributed by atoms with van der Waals surface area (Å²) in [5.41, 5.74) is 2.58. The molecule has 5 heterocycles. The van der Waals surface area contributed by atoms with Crippen molar-refractivity contribution in [3.8, 4) is 22.8 Å². The van der Waals surface area contributed by atoms with Crippen LogP contribution in [0.5, 0.6) is 11.5 Å². The molecule has 0 saturated carbocycles. The molecule has 1 saturated heterocycles. The highest BCUT2D eigenvalue weighted by Gasteiger charge is 2.18. The maximum atomic E-state index is 13.1. The minimum atomic E-state index is -0.280. The smallest absolute Gasteiger partial charge is 0.255 e. The monoisotopic (exact) mass is 496 g/mol. The number of benzene rings is 1. The van der Waals surface area contributed by atoms with Crippen LogP contribution in [0.1, 0.15) is 10.4 Å². The summed E-state index contributed by atoms with van der Waals surface area (Å²) in [6.45, 7) is 3.74. The third-order valence-electron chi connectivity index (χ3n) is 6.02. The fourth-order valence-corrected chi connectivity index (χ4v) is 4.20. The number of amides is 1. The van der Waals surface area contributed by atoms with Crippen molar-refractivity contribution < 1.29 is 14.3 Å². The first-order chi connectivity index (χ1) is 18.2. The van der Waals surface area contributed by atoms with E-state index in [1.165, 1.54) is 0 Å². The first-order valence-corrected chi connectivity index (χ1v) is 11.9. The van der Waals surface area contributed by atoms with Crippen molar-refractivity contribution in [3.05, 3.63) is 72.8 Å². The van der Waals surface area contributed by atoms with Gasteiger partial charge >= 0.3 is 0 Å². The van der Waals surface area contributed by atoms with Crippen molar-refractivity contribution in [1.29, 1.82) is 0 Å². The molecule has 2 aliphatic rings. The Balaban J connectivity index is 1.32. The molecule has 0 aliphatic carbocycles. The quantitative estimate of drug-likeness (QED) is 0.367. The molecule has 1 fully saturated rings. The van der Waals surface area contributed by atoms with Crippen LogP contribution in [0.4, 0.5) is 23.1 Å². The molecule has 0 spiro atoms. The highest BCUT2D eigenvalue weighted by molar-refractivity contribution is 6.05. The summed E-state index contributed by atoms with van der Waals surface area (Å²) in [5, 5.41) is 9.51. The minimum absolute atomic E-state index is 0.146. The number of piperazine rings is 1. The topological polar surface area (TPSA) is 126 Å². The molecule has 0 bridgehead atoms. The lowest BCUT2D eigenvalue weighted by Gasteiger charge is -2.28. The molecular weight excluding hydrogens is 472 g/mol. The molecule has 0 atom stereocenters. The van der Waals surface area contributed by atoms with E-state index < -0.39 is 0 Å². The van der Waals surface area contributed by atoms with Crippen LogP contribution in [0.2, 0.25) is 0 Å². The van der Waals surface area contributed by atoms with E-state index in [9.17, 15) is 4.79 Å². The number of fused-ring (bicyclic) bond motifs is 1. The van der Waals surface area contributed by atoms with Crippen molar-refractivity contribution in [2.24, 2.45) is 0 Å². The molecule has 0 unspecified atom stereocenters. The van der Waals surface area contributed by atoms with Gasteiger partial charge < -0.3 is 30.3 Å². The third-order valence-corrected chi connectivity index (χ3v) is 6.02. The van der Waals surface area contributed by atoms with Gasteiger partial charge in [0.15, 0.2) is 11.5 Å². The molecule has 3 aromatic heterocycles. The summed E-state index contributed by atoms with van der Waals surface area (Å²) in [6, 6.07) is 12.6. The van der Waals surface area contributed by atoms with Crippen LogP contribution >= 0.6 is 0 Å². The van der Waals surface area contributed by atoms with Crippen LogP contribution in [0.15, 0.2) is 67.3 Å². The van der Waals surface area contributed by atoms with Crippen molar-refractivity contribution in [2.75, 3.05) is 48.5 Å². The number of aromatic nitrogens is 4. The molecule has 0 radical (unpaired) electrons. The summed E-state index contributed by atoms with van der Waals surface area (Å²) in [4.78, 5) is 33.1. The van der Waals surface area contributed by atoms with Crippen molar-refractivity contribution in [2.45, 2.75) is 0 Å². The van der Waals surface area contributed by atoms with Gasteiger partial charge in [0.25, 0.3) is 5.91 Å². The normalized spacial score (nSPS) is 14.3. The summed E-state index contributed by atoms with van der Waals surface area (Å²) in [6.07, 6.45) is 6.58. The Bertz CT molecular complexity index is 1430. The van der Waals surface area contributed by atoms with Crippen molar-refractivity contribution in [1.82, 2.24) is 25.3 Å². The number of hydrogen-bond acceptors (Lipinski definition) is 10. The Hall–Kier alpha value is -4.77. The summed E-state index contributed by atoms with van der Waals surface area (Å²) >= 11 is 0. The summed E-state index contributed by atoms with van der Waals surface area (Å²) in [7, 11) is 0. The molecule has 2 aliphatic heterocycles. The van der Waals surface area contributed by atoms with Crippen LogP contribution in [-0.2, 0) is 0 Å². The predicted octanol–water partition coefficient (Wildman–Crippen LogP) is 3.07. The third kappa shape index (κ3) is 5.11. The van der Waals surface area contributed by atoms with Gasteiger partial charge in [0.05, 0.1) is 11.9 Å². The van der Waals surface area contributed by atoms with E-state index in [-0.39, 0.29) is 12.7 Å². The lowest BCUT2D eigenvalue weighted by Crippen LogP contribution is -2.43. The second kappa shape index (κ2) is 10.1. The molecule has 186 valence electrons. The maximum Gasteiger partial charge on any atom is 0.255 e. The Morgan fingerprint density at radius 1 is 0.919 bits per heavy atom. The van der Waals surface area contributed by atoms with Gasteiger partial charge in [0.2, 0.25) is 6.79 Å². The van der Waals surface area contributed by atoms with E-state index >= 15 is 0 Å². The fourth-order valence-electron chi connectivity index (χ4n) is 4.20. The number of carbonyl (C=O) groups excluding carboxylic acids is 1. The number of nitrogens with zero attached hydrogens (tertiary/aromatic N) is 5. The molecule has 1 aromatic carbocycles. The minimum Gasteiger partial charge on any atom is -0.454 e. The number of pyridine rings is 2. The SMILES string of the molecule is O=C(Nc1cc(Nc2cnccn2)nc(-c2ccnc(N3CCNCC3)c2)c1)c1ccc2c(c1)OCO2. The second-order valence-electron chi connectivity index (χ2n) is 8.50. The van der Waals surface area contributed by atoms with Crippen molar-refractivity contribution in [3.63, 3.8) is 0 Å². The van der Waals surface area contributed by atoms with E-state index in [1.807, 2.05) is 18.2 Å². The van der Waals surface area contributed by atoms with Gasteiger partial charge in [-0.3, -0.25) is 9.78 Å². The first kappa shape index (κ1) is 22.7. The van der Waals surface area contributed by atoms with Crippen molar-refractivity contribution >= 4 is 29.0 Å². The maximum absolute atomic E-state index is 13.1. The average Bonchev–Trinajstić information content (AvgIpc) is 3.42. The van der Waals surface area contributed by atoms with Crippen LogP contribution in [0, 0.1) is 0 Å². The molecule has 37 heavy (non-hydrogen) atoms. The molecular formula is C26H24N8O3. The fraction of sp³-hybridized carbons (Fsp3) is 0.192. The highest BCUT2D eigenvalue weighted by Crippen LogP contribution is 2.33. The van der Waals surface area contributed by atoms with Gasteiger partial charge in [0.1, 0.15) is 17.5 Å². The van der Waals surface area contributed by atoms with Crippen LogP contribution < -0.4 is 30.3 Å². The van der Waals surface area contributed by atoms with E-state index in [2.05, 4.69) is 35.8 Å². The summed E-state index contributed by atoms with van der Waals surface area (Å²) < 4.78 is 10.8. The zero-order valence-corrected chi connectivity index (χ0v) is 19.8. The largest absolute Gasteiger partial charge is 0.454 e. The zero-order chi connectivity index (χ0) is 25.0. The Morgan fingerprint density at radius 2 is 1.81 bits per heavy atom. The van der Waals surface area contributed by atoms with Gasteiger partial charge in [-0.2, -0.15) is 0 Å². The van der Waals surface area contributed by atoms with Crippen LogP contribution in [0.3, 0.4) is 0 Å². The van der Waals surface area contributed by atoms with Gasteiger partial charge in [-0.05, 0) is 36.4 Å². The highest BCUT2D eigenvalue weighted by atomic mass is 16.7. The second-order valence-corrected chi connectivity index (χ2v) is 8.50. The van der Waals surface area contributed by atoms with E-state index in [0.29, 0.717) is 40.1 Å². The summed E-state index contributed by atoms with van der Waals surface area (Å²) in [5.74, 6) is 2.83. The lowest BCUT2D eigenvalue weighted by atomic mass is 10.1. The standard InChI is InChI=1S/C26H24N8O3/c35-26(18-1-2-21-22(11-18)37-16-36-21)31-19-13-20(32-23(14-19)33-24-15-28-5-6-29-24)17-3-4-30-25(12-17)34-9-7-27-8-10-34/h1-6,11-15,27H,7-10,16H2,(H2,29,31,32,33,35). The molecule has 11 nitrogen and oxygen atoms in total. The van der Waals surface area contributed by atoms with Crippen LogP contribution in [0.25, 0.3) is 11.3 Å². The molecule has 3 N–H and O–H groups in total. The molecule has 6 rings (SSSR count). The lowest BCUT2D eigenvalue weighted by molar-refractivity contribution is 0.102. The number of ether oxygens (including phenoxy) is 2. The van der Waals surface area contributed by atoms with E-state index in [0.717, 1.165) is 37.6 Å². The number of anilines is 4. The van der Waals surface area contributed by atoms with Gasteiger partial charge in [0, 0.05) is 67.7 Å². The number of carbonyl (C=O) groups is 1. The Kier molecular flexibility index (Phi) is 6.17. The van der Waals surface area contributed by atoms with E-state index in [4.69, 9.17) is 14.5 Å². The first-order valence-electron chi connectivity index (χ1n) is 11.9. The Morgan fingerprint density at radius 3 is 2.68 bits per heavy atom. The zero-order valence-electron chi connectivity index (χ0n) is 19.8. The molecule has 1 amide bonds. The van der Waals surface area contributed by atoms with Gasteiger partial charge in [-0.15, -0.1) is 0 Å². The number of nitrogens with one attached hydrogen (secondary N) is 3. The van der Waals surface area contributed by atoms with Gasteiger partial charge in [-0.25, -0.2) is 15.0 Å². The average molecular weight is 497 g/mol. The Labute approximate surface area is 212 Å². The number of hydrogen-bond donors (Lipinski definition) is 3.